The summed E-state index contributed by atoms with van der Waals surface area (Å²) in [5.74, 6) is -0.436. The minimum atomic E-state index is -0.251. The number of hydrogen-bond acceptors (Lipinski definition) is 4. The van der Waals surface area contributed by atoms with Crippen LogP contribution < -0.4 is 5.32 Å². The lowest BCUT2D eigenvalue weighted by Gasteiger charge is -2.26. The third-order valence-corrected chi connectivity index (χ3v) is 3.87. The lowest BCUT2D eigenvalue weighted by molar-refractivity contribution is -0.116. The van der Waals surface area contributed by atoms with Crippen molar-refractivity contribution in [3.8, 4) is 0 Å². The zero-order chi connectivity index (χ0) is 15.8. The molecule has 1 aromatic carbocycles. The van der Waals surface area contributed by atoms with Gasteiger partial charge in [0.15, 0.2) is 5.78 Å². The molecule has 0 atom stereocenters. The summed E-state index contributed by atoms with van der Waals surface area (Å²) in [4.78, 5) is 25.8. The average Bonchev–Trinajstić information content (AvgIpc) is 2.54. The number of rotatable bonds is 6. The Morgan fingerprint density at radius 2 is 1.86 bits per heavy atom. The minimum absolute atomic E-state index is 0.184. The van der Waals surface area contributed by atoms with Crippen LogP contribution in [0.5, 0.6) is 0 Å². The number of hydrogen-bond donors (Lipinski definition) is 1. The van der Waals surface area contributed by atoms with E-state index < -0.39 is 0 Å². The number of amides is 1. The van der Waals surface area contributed by atoms with E-state index in [9.17, 15) is 9.59 Å². The Morgan fingerprint density at radius 3 is 2.55 bits per heavy atom. The van der Waals surface area contributed by atoms with Gasteiger partial charge in [-0.25, -0.2) is 0 Å². The second-order valence-corrected chi connectivity index (χ2v) is 5.87. The van der Waals surface area contributed by atoms with Crippen LogP contribution in [0.4, 0.5) is 0 Å². The van der Waals surface area contributed by atoms with Crippen molar-refractivity contribution in [1.29, 1.82) is 0 Å². The summed E-state index contributed by atoms with van der Waals surface area (Å²) in [5, 5.41) is 2.78. The van der Waals surface area contributed by atoms with Crippen LogP contribution in [0.25, 0.3) is 0 Å². The lowest BCUT2D eigenvalue weighted by atomic mass is 10.1. The Kier molecular flexibility index (Phi) is 6.76. The second-order valence-electron chi connectivity index (χ2n) is 4.95. The molecule has 0 aromatic heterocycles. The van der Waals surface area contributed by atoms with Crippen molar-refractivity contribution >= 4 is 27.6 Å². The van der Waals surface area contributed by atoms with E-state index in [0.717, 1.165) is 37.3 Å². The highest BCUT2D eigenvalue weighted by Gasteiger charge is 2.09. The molecule has 1 aliphatic rings. The Morgan fingerprint density at radius 1 is 1.18 bits per heavy atom. The molecule has 1 aromatic rings. The third-order valence-electron chi connectivity index (χ3n) is 3.35. The largest absolute Gasteiger partial charge is 0.379 e. The van der Waals surface area contributed by atoms with Crippen LogP contribution in [-0.2, 0) is 9.53 Å². The third kappa shape index (κ3) is 5.71. The maximum Gasteiger partial charge on any atom is 0.244 e. The molecule has 0 unspecified atom stereocenters. The van der Waals surface area contributed by atoms with Crippen LogP contribution >= 0.6 is 15.9 Å². The summed E-state index contributed by atoms with van der Waals surface area (Å²) in [6.07, 6.45) is 2.58. The van der Waals surface area contributed by atoms with E-state index in [1.165, 1.54) is 12.2 Å². The van der Waals surface area contributed by atoms with Crippen LogP contribution in [0.2, 0.25) is 0 Å². The van der Waals surface area contributed by atoms with Gasteiger partial charge in [0.2, 0.25) is 5.91 Å². The van der Waals surface area contributed by atoms with Crippen LogP contribution in [0.1, 0.15) is 10.4 Å². The molecule has 6 heteroatoms. The highest BCUT2D eigenvalue weighted by atomic mass is 79.9. The molecule has 22 heavy (non-hydrogen) atoms. The van der Waals surface area contributed by atoms with E-state index in [1.807, 2.05) is 0 Å². The monoisotopic (exact) mass is 366 g/mol. The summed E-state index contributed by atoms with van der Waals surface area (Å²) in [6, 6.07) is 7.02. The SMILES string of the molecule is O=C(/C=C/C(=O)c1ccc(Br)cc1)NCCN1CCOCC1. The van der Waals surface area contributed by atoms with Crippen LogP contribution in [0.3, 0.4) is 0 Å². The maximum atomic E-state index is 11.9. The fraction of sp³-hybridized carbons (Fsp3) is 0.375. The van der Waals surface area contributed by atoms with Crippen LogP contribution in [0.15, 0.2) is 40.9 Å². The Bertz CT molecular complexity index is 537. The molecule has 0 radical (unpaired) electrons. The van der Waals surface area contributed by atoms with Crippen LogP contribution in [0, 0.1) is 0 Å². The predicted octanol–water partition coefficient (Wildman–Crippen LogP) is 1.64. The number of ether oxygens (including phenoxy) is 1. The molecule has 0 bridgehead atoms. The molecule has 1 amide bonds. The van der Waals surface area contributed by atoms with Crippen molar-refractivity contribution in [2.75, 3.05) is 39.4 Å². The van der Waals surface area contributed by atoms with Gasteiger partial charge in [-0.1, -0.05) is 15.9 Å². The number of nitrogens with one attached hydrogen (secondary N) is 1. The molecule has 1 saturated heterocycles. The first-order valence-corrected chi connectivity index (χ1v) is 8.00. The zero-order valence-electron chi connectivity index (χ0n) is 12.3. The van der Waals surface area contributed by atoms with Gasteiger partial charge in [0, 0.05) is 42.3 Å². The van der Waals surface area contributed by atoms with E-state index in [-0.39, 0.29) is 11.7 Å². The molecular formula is C16H19BrN2O3. The topological polar surface area (TPSA) is 58.6 Å². The number of allylic oxidation sites excluding steroid dienone is 1. The van der Waals surface area contributed by atoms with Gasteiger partial charge < -0.3 is 10.1 Å². The van der Waals surface area contributed by atoms with E-state index in [2.05, 4.69) is 26.1 Å². The number of carbonyl (C=O) groups excluding carboxylic acids is 2. The Balaban J connectivity index is 1.71. The van der Waals surface area contributed by atoms with Gasteiger partial charge in [0.1, 0.15) is 0 Å². The molecule has 0 spiro atoms. The van der Waals surface area contributed by atoms with Crippen molar-refractivity contribution in [3.05, 3.63) is 46.5 Å². The summed E-state index contributed by atoms with van der Waals surface area (Å²) in [6.45, 7) is 4.64. The summed E-state index contributed by atoms with van der Waals surface area (Å²) < 4.78 is 6.17. The Labute approximate surface area is 138 Å². The van der Waals surface area contributed by atoms with E-state index in [0.29, 0.717) is 12.1 Å². The molecule has 1 aliphatic heterocycles. The first kappa shape index (κ1) is 16.9. The van der Waals surface area contributed by atoms with Gasteiger partial charge >= 0.3 is 0 Å². The standard InChI is InChI=1S/C16H19BrN2O3/c17-14-3-1-13(2-4-14)15(20)5-6-16(21)18-7-8-19-9-11-22-12-10-19/h1-6H,7-12H2,(H,18,21)/b6-5+. The van der Waals surface area contributed by atoms with Crippen molar-refractivity contribution in [2.45, 2.75) is 0 Å². The molecule has 2 rings (SSSR count). The Hall–Kier alpha value is -1.50. The van der Waals surface area contributed by atoms with Gasteiger partial charge in [0.25, 0.3) is 0 Å². The molecule has 5 nitrogen and oxygen atoms in total. The molecule has 1 N–H and O–H groups in total. The smallest absolute Gasteiger partial charge is 0.244 e. The number of nitrogens with zero attached hydrogens (tertiary/aromatic N) is 1. The molecule has 0 aliphatic carbocycles. The fourth-order valence-electron chi connectivity index (χ4n) is 2.08. The van der Waals surface area contributed by atoms with Gasteiger partial charge in [-0.15, -0.1) is 0 Å². The normalized spacial score (nSPS) is 15.9. The number of halogens is 1. The number of benzene rings is 1. The van der Waals surface area contributed by atoms with Crippen molar-refractivity contribution < 1.29 is 14.3 Å². The average molecular weight is 367 g/mol. The minimum Gasteiger partial charge on any atom is -0.379 e. The number of morpholine rings is 1. The molecular weight excluding hydrogens is 348 g/mol. The molecule has 1 fully saturated rings. The summed E-state index contributed by atoms with van der Waals surface area (Å²) in [7, 11) is 0. The van der Waals surface area contributed by atoms with E-state index >= 15 is 0 Å². The van der Waals surface area contributed by atoms with E-state index in [1.54, 1.807) is 24.3 Å². The quantitative estimate of drug-likeness (QED) is 0.614. The second kappa shape index (κ2) is 8.82. The van der Waals surface area contributed by atoms with Gasteiger partial charge in [-0.05, 0) is 30.3 Å². The van der Waals surface area contributed by atoms with Crippen molar-refractivity contribution in [3.63, 3.8) is 0 Å². The first-order valence-electron chi connectivity index (χ1n) is 7.21. The molecule has 118 valence electrons. The zero-order valence-corrected chi connectivity index (χ0v) is 13.8. The number of ketones is 1. The van der Waals surface area contributed by atoms with Gasteiger partial charge in [-0.3, -0.25) is 14.5 Å². The fourth-order valence-corrected chi connectivity index (χ4v) is 2.35. The molecule has 0 saturated carbocycles. The molecule has 1 heterocycles. The lowest BCUT2D eigenvalue weighted by Crippen LogP contribution is -2.41. The van der Waals surface area contributed by atoms with Crippen LogP contribution in [-0.4, -0.2) is 56.0 Å². The maximum absolute atomic E-state index is 11.9. The predicted molar refractivity (Wildman–Crippen MR) is 87.9 cm³/mol. The highest BCUT2D eigenvalue weighted by Crippen LogP contribution is 2.11. The van der Waals surface area contributed by atoms with Crippen molar-refractivity contribution in [2.24, 2.45) is 0 Å². The van der Waals surface area contributed by atoms with Crippen molar-refractivity contribution in [1.82, 2.24) is 10.2 Å². The summed E-state index contributed by atoms with van der Waals surface area (Å²) in [5.41, 5.74) is 0.556. The summed E-state index contributed by atoms with van der Waals surface area (Å²) >= 11 is 3.31. The highest BCUT2D eigenvalue weighted by molar-refractivity contribution is 9.10. The first-order chi connectivity index (χ1) is 10.6. The number of carbonyl (C=O) groups is 2. The van der Waals surface area contributed by atoms with E-state index in [4.69, 9.17) is 4.74 Å². The van der Waals surface area contributed by atoms with Gasteiger partial charge in [-0.2, -0.15) is 0 Å². The van der Waals surface area contributed by atoms with Gasteiger partial charge in [0.05, 0.1) is 13.2 Å².